The molecule has 0 bridgehead atoms. The van der Waals surface area contributed by atoms with Crippen molar-refractivity contribution in [1.82, 2.24) is 19.7 Å². The van der Waals surface area contributed by atoms with Crippen LogP contribution in [0.1, 0.15) is 23.2 Å². The minimum atomic E-state index is -0.586. The molecule has 2 heterocycles. The molecule has 0 spiro atoms. The van der Waals surface area contributed by atoms with E-state index >= 15 is 0 Å². The summed E-state index contributed by atoms with van der Waals surface area (Å²) in [4.78, 5) is 30.4. The zero-order valence-electron chi connectivity index (χ0n) is 16.8. The van der Waals surface area contributed by atoms with Gasteiger partial charge in [0.15, 0.2) is 5.82 Å². The molecular weight excluding hydrogens is 367 g/mol. The molecule has 1 atom stereocenters. The summed E-state index contributed by atoms with van der Waals surface area (Å²) in [5.74, 6) is -0.707. The van der Waals surface area contributed by atoms with Crippen LogP contribution in [0, 0.1) is 11.7 Å². The van der Waals surface area contributed by atoms with Crippen molar-refractivity contribution in [1.29, 1.82) is 0 Å². The molecule has 0 aromatic carbocycles. The summed E-state index contributed by atoms with van der Waals surface area (Å²) in [5.41, 5.74) is 0.0671. The molecule has 2 rings (SSSR count). The number of carboxylic acid groups (broad SMARTS) is 1. The third kappa shape index (κ3) is 7.87. The summed E-state index contributed by atoms with van der Waals surface area (Å²) in [6, 6.07) is 1.41. The Bertz CT molecular complexity index is 609. The van der Waals surface area contributed by atoms with Gasteiger partial charge in [-0.05, 0) is 46.0 Å². The predicted octanol–water partition coefficient (Wildman–Crippen LogP) is 0.628. The van der Waals surface area contributed by atoms with Gasteiger partial charge in [0.1, 0.15) is 0 Å². The van der Waals surface area contributed by atoms with Gasteiger partial charge in [0.2, 0.25) is 0 Å². The second-order valence-electron chi connectivity index (χ2n) is 7.22. The van der Waals surface area contributed by atoms with Gasteiger partial charge in [-0.25, -0.2) is 4.39 Å². The SMILES string of the molecule is CN(C)CCN(C)CC(O)C1CCN(C(=O)c2ccncc2F)CC1.O=CO. The molecule has 1 aromatic rings. The van der Waals surface area contributed by atoms with Crippen molar-refractivity contribution < 1.29 is 24.2 Å². The lowest BCUT2D eigenvalue weighted by molar-refractivity contribution is -0.122. The lowest BCUT2D eigenvalue weighted by Crippen LogP contribution is -2.44. The summed E-state index contributed by atoms with van der Waals surface area (Å²) >= 11 is 0. The number of carbonyl (C=O) groups excluding carboxylic acids is 1. The number of aliphatic hydroxyl groups excluding tert-OH is 1. The molecule has 1 unspecified atom stereocenters. The second-order valence-corrected chi connectivity index (χ2v) is 7.22. The van der Waals surface area contributed by atoms with Gasteiger partial charge in [0.25, 0.3) is 12.4 Å². The number of amides is 1. The number of rotatable bonds is 7. The van der Waals surface area contributed by atoms with E-state index in [-0.39, 0.29) is 23.9 Å². The minimum absolute atomic E-state index is 0.0671. The van der Waals surface area contributed by atoms with Crippen molar-refractivity contribution in [3.63, 3.8) is 0 Å². The topological polar surface area (TPSA) is 97.2 Å². The molecule has 1 aromatic heterocycles. The summed E-state index contributed by atoms with van der Waals surface area (Å²) in [6.07, 6.45) is 3.56. The molecule has 2 N–H and O–H groups in total. The second kappa shape index (κ2) is 12.4. The number of hydrogen-bond donors (Lipinski definition) is 2. The van der Waals surface area contributed by atoms with E-state index in [0.717, 1.165) is 32.1 Å². The molecule has 9 heteroatoms. The van der Waals surface area contributed by atoms with Gasteiger partial charge in [0.05, 0.1) is 17.9 Å². The first-order chi connectivity index (χ1) is 13.3. The van der Waals surface area contributed by atoms with Crippen LogP contribution in [-0.4, -0.2) is 102 Å². The van der Waals surface area contributed by atoms with E-state index in [9.17, 15) is 14.3 Å². The number of aliphatic hydroxyl groups is 1. The Morgan fingerprint density at radius 3 is 2.50 bits per heavy atom. The standard InChI is InChI=1S/C18H29FN4O2.CH2O2/c1-21(2)10-11-22(3)13-17(24)14-5-8-23(9-6-14)18(25)15-4-7-20-12-16(15)19;2-1-3/h4,7,12,14,17,24H,5-6,8-11,13H2,1-3H3;1H,(H,2,3). The zero-order valence-corrected chi connectivity index (χ0v) is 16.8. The van der Waals surface area contributed by atoms with Crippen molar-refractivity contribution in [2.45, 2.75) is 18.9 Å². The van der Waals surface area contributed by atoms with Crippen LogP contribution in [0.25, 0.3) is 0 Å². The van der Waals surface area contributed by atoms with Gasteiger partial charge in [-0.2, -0.15) is 0 Å². The van der Waals surface area contributed by atoms with E-state index in [4.69, 9.17) is 9.90 Å². The number of piperidine rings is 1. The fourth-order valence-corrected chi connectivity index (χ4v) is 3.14. The first-order valence-electron chi connectivity index (χ1n) is 9.28. The smallest absolute Gasteiger partial charge is 0.290 e. The van der Waals surface area contributed by atoms with Crippen LogP contribution in [0.4, 0.5) is 4.39 Å². The first-order valence-corrected chi connectivity index (χ1v) is 9.28. The molecule has 0 saturated carbocycles. The summed E-state index contributed by atoms with van der Waals surface area (Å²) in [7, 11) is 6.07. The quantitative estimate of drug-likeness (QED) is 0.650. The van der Waals surface area contributed by atoms with Crippen LogP contribution in [0.2, 0.25) is 0 Å². The maximum Gasteiger partial charge on any atom is 0.290 e. The molecule has 1 fully saturated rings. The number of likely N-dealkylation sites (tertiary alicyclic amines) is 1. The molecule has 1 aliphatic rings. The number of likely N-dealkylation sites (N-methyl/N-ethyl adjacent to an activating group) is 2. The number of nitrogens with zero attached hydrogens (tertiary/aromatic N) is 4. The minimum Gasteiger partial charge on any atom is -0.483 e. The average molecular weight is 398 g/mol. The van der Waals surface area contributed by atoms with E-state index in [2.05, 4.69) is 14.8 Å². The van der Waals surface area contributed by atoms with Crippen LogP contribution in [0.3, 0.4) is 0 Å². The number of hydrogen-bond acceptors (Lipinski definition) is 6. The van der Waals surface area contributed by atoms with Crippen LogP contribution in [0.5, 0.6) is 0 Å². The molecule has 0 radical (unpaired) electrons. The molecule has 158 valence electrons. The van der Waals surface area contributed by atoms with Gasteiger partial charge in [-0.1, -0.05) is 0 Å². The molecule has 1 saturated heterocycles. The Balaban J connectivity index is 0.00000122. The van der Waals surface area contributed by atoms with Crippen LogP contribution in [-0.2, 0) is 4.79 Å². The highest BCUT2D eigenvalue weighted by atomic mass is 19.1. The maximum atomic E-state index is 13.7. The van der Waals surface area contributed by atoms with E-state index in [1.165, 1.54) is 12.3 Å². The normalized spacial score (nSPS) is 15.9. The van der Waals surface area contributed by atoms with Crippen molar-refractivity contribution >= 4 is 12.4 Å². The Morgan fingerprint density at radius 2 is 1.96 bits per heavy atom. The van der Waals surface area contributed by atoms with Crippen molar-refractivity contribution in [2.24, 2.45) is 5.92 Å². The largest absolute Gasteiger partial charge is 0.483 e. The summed E-state index contributed by atoms with van der Waals surface area (Å²) in [6.45, 7) is 3.33. The Hall–Kier alpha value is -2.10. The third-order valence-corrected chi connectivity index (χ3v) is 4.80. The van der Waals surface area contributed by atoms with Crippen LogP contribution < -0.4 is 0 Å². The molecular formula is C19H31FN4O4. The Morgan fingerprint density at radius 1 is 1.36 bits per heavy atom. The predicted molar refractivity (Wildman–Crippen MR) is 104 cm³/mol. The lowest BCUT2D eigenvalue weighted by atomic mass is 9.90. The lowest BCUT2D eigenvalue weighted by Gasteiger charge is -2.35. The van der Waals surface area contributed by atoms with E-state index in [1.54, 1.807) is 4.90 Å². The number of pyridine rings is 1. The Labute approximate surface area is 165 Å². The fourth-order valence-electron chi connectivity index (χ4n) is 3.14. The van der Waals surface area contributed by atoms with Crippen LogP contribution in [0.15, 0.2) is 18.5 Å². The van der Waals surface area contributed by atoms with Gasteiger partial charge in [0, 0.05) is 38.9 Å². The fraction of sp³-hybridized carbons (Fsp3) is 0.632. The van der Waals surface area contributed by atoms with Gasteiger partial charge >= 0.3 is 0 Å². The average Bonchev–Trinajstić information content (AvgIpc) is 2.67. The number of halogens is 1. The van der Waals surface area contributed by atoms with Crippen molar-refractivity contribution in [3.05, 3.63) is 29.8 Å². The summed E-state index contributed by atoms with van der Waals surface area (Å²) < 4.78 is 13.7. The van der Waals surface area contributed by atoms with Crippen molar-refractivity contribution in [3.8, 4) is 0 Å². The first kappa shape index (κ1) is 23.9. The van der Waals surface area contributed by atoms with E-state index in [0.29, 0.717) is 19.6 Å². The van der Waals surface area contributed by atoms with Gasteiger partial charge in [-0.15, -0.1) is 0 Å². The molecule has 0 aliphatic carbocycles. The summed E-state index contributed by atoms with van der Waals surface area (Å²) in [5, 5.41) is 17.4. The van der Waals surface area contributed by atoms with E-state index < -0.39 is 11.9 Å². The third-order valence-electron chi connectivity index (χ3n) is 4.80. The molecule has 1 aliphatic heterocycles. The highest BCUT2D eigenvalue weighted by Gasteiger charge is 2.29. The molecule has 1 amide bonds. The van der Waals surface area contributed by atoms with Crippen molar-refractivity contribution in [2.75, 3.05) is 53.9 Å². The van der Waals surface area contributed by atoms with Gasteiger partial charge < -0.3 is 24.9 Å². The van der Waals surface area contributed by atoms with Gasteiger partial charge in [-0.3, -0.25) is 14.6 Å². The van der Waals surface area contributed by atoms with Crippen LogP contribution >= 0.6 is 0 Å². The Kier molecular flexibility index (Phi) is 10.6. The zero-order chi connectivity index (χ0) is 21.1. The molecule has 8 nitrogen and oxygen atoms in total. The highest BCUT2D eigenvalue weighted by Crippen LogP contribution is 2.23. The number of carbonyl (C=O) groups is 2. The molecule has 28 heavy (non-hydrogen) atoms. The van der Waals surface area contributed by atoms with E-state index in [1.807, 2.05) is 21.1 Å². The highest BCUT2D eigenvalue weighted by molar-refractivity contribution is 5.94. The maximum absolute atomic E-state index is 13.7. The number of aromatic nitrogens is 1. The monoisotopic (exact) mass is 398 g/mol.